The van der Waals surface area contributed by atoms with Gasteiger partial charge in [-0.15, -0.1) is 0 Å². The molecule has 0 saturated heterocycles. The van der Waals surface area contributed by atoms with Gasteiger partial charge in [0, 0.05) is 13.0 Å². The molecule has 5 heteroatoms. The summed E-state index contributed by atoms with van der Waals surface area (Å²) >= 11 is 0. The normalized spacial score (nSPS) is 13.2. The van der Waals surface area contributed by atoms with E-state index in [-0.39, 0.29) is 18.2 Å². The van der Waals surface area contributed by atoms with Crippen molar-refractivity contribution in [1.29, 1.82) is 0 Å². The van der Waals surface area contributed by atoms with Gasteiger partial charge in [0.2, 0.25) is 5.91 Å². The standard InChI is InChI=1S/C12H24N2O3/c1-4-9(7-10(15)16)8-14-11(17)12(13,5-2)6-3/h9H,4-8,13H2,1-3H3,(H,14,17)(H,15,16). The summed E-state index contributed by atoms with van der Waals surface area (Å²) in [5.41, 5.74) is 5.11. The van der Waals surface area contributed by atoms with Crippen molar-refractivity contribution in [2.24, 2.45) is 11.7 Å². The van der Waals surface area contributed by atoms with Crippen LogP contribution in [0.25, 0.3) is 0 Å². The fourth-order valence-electron chi connectivity index (χ4n) is 1.59. The van der Waals surface area contributed by atoms with Crippen LogP contribution in [-0.2, 0) is 9.59 Å². The SMILES string of the molecule is CCC(CNC(=O)C(N)(CC)CC)CC(=O)O. The molecule has 0 bridgehead atoms. The highest BCUT2D eigenvalue weighted by Crippen LogP contribution is 2.12. The average molecular weight is 244 g/mol. The first kappa shape index (κ1) is 15.9. The first-order valence-corrected chi connectivity index (χ1v) is 6.18. The second-order valence-corrected chi connectivity index (χ2v) is 4.45. The van der Waals surface area contributed by atoms with Crippen LogP contribution in [0.1, 0.15) is 46.5 Å². The second-order valence-electron chi connectivity index (χ2n) is 4.45. The molecule has 1 unspecified atom stereocenters. The number of nitrogens with two attached hydrogens (primary N) is 1. The number of rotatable bonds is 8. The Bertz CT molecular complexity index is 262. The number of hydrogen-bond acceptors (Lipinski definition) is 3. The third kappa shape index (κ3) is 5.17. The van der Waals surface area contributed by atoms with Gasteiger partial charge in [-0.25, -0.2) is 0 Å². The Balaban J connectivity index is 4.25. The first-order valence-electron chi connectivity index (χ1n) is 6.18. The van der Waals surface area contributed by atoms with E-state index in [1.807, 2.05) is 20.8 Å². The molecular formula is C12H24N2O3. The summed E-state index contributed by atoms with van der Waals surface area (Å²) in [4.78, 5) is 22.4. The summed E-state index contributed by atoms with van der Waals surface area (Å²) in [5, 5.41) is 11.4. The predicted molar refractivity (Wildman–Crippen MR) is 66.5 cm³/mol. The summed E-state index contributed by atoms with van der Waals surface area (Å²) in [6, 6.07) is 0. The Morgan fingerprint density at radius 1 is 1.29 bits per heavy atom. The summed E-state index contributed by atoms with van der Waals surface area (Å²) in [7, 11) is 0. The zero-order valence-electron chi connectivity index (χ0n) is 11.0. The fraction of sp³-hybridized carbons (Fsp3) is 0.833. The van der Waals surface area contributed by atoms with Crippen molar-refractivity contribution in [1.82, 2.24) is 5.32 Å². The lowest BCUT2D eigenvalue weighted by atomic mass is 9.92. The number of aliphatic carboxylic acids is 1. The molecule has 4 N–H and O–H groups in total. The van der Waals surface area contributed by atoms with Crippen LogP contribution < -0.4 is 11.1 Å². The average Bonchev–Trinajstić information content (AvgIpc) is 2.32. The molecule has 0 rings (SSSR count). The number of nitrogens with one attached hydrogen (secondary N) is 1. The van der Waals surface area contributed by atoms with E-state index in [1.54, 1.807) is 0 Å². The molecule has 0 aliphatic heterocycles. The van der Waals surface area contributed by atoms with Crippen LogP contribution in [0.4, 0.5) is 0 Å². The Kier molecular flexibility index (Phi) is 6.80. The number of carbonyl (C=O) groups excluding carboxylic acids is 1. The lowest BCUT2D eigenvalue weighted by Crippen LogP contribution is -2.53. The molecule has 100 valence electrons. The molecule has 0 heterocycles. The third-order valence-electron chi connectivity index (χ3n) is 3.31. The van der Waals surface area contributed by atoms with Gasteiger partial charge < -0.3 is 16.2 Å². The van der Waals surface area contributed by atoms with Gasteiger partial charge in [0.25, 0.3) is 0 Å². The molecule has 0 aliphatic carbocycles. The van der Waals surface area contributed by atoms with Gasteiger partial charge in [0.15, 0.2) is 0 Å². The van der Waals surface area contributed by atoms with E-state index in [1.165, 1.54) is 0 Å². The van der Waals surface area contributed by atoms with Crippen molar-refractivity contribution in [3.8, 4) is 0 Å². The van der Waals surface area contributed by atoms with Gasteiger partial charge in [-0.3, -0.25) is 9.59 Å². The van der Waals surface area contributed by atoms with Crippen molar-refractivity contribution < 1.29 is 14.7 Å². The van der Waals surface area contributed by atoms with Gasteiger partial charge in [-0.05, 0) is 18.8 Å². The molecule has 0 aliphatic rings. The number of carboxylic acid groups (broad SMARTS) is 1. The Morgan fingerprint density at radius 3 is 2.18 bits per heavy atom. The molecule has 0 aromatic rings. The van der Waals surface area contributed by atoms with Crippen molar-refractivity contribution >= 4 is 11.9 Å². The maximum Gasteiger partial charge on any atom is 0.303 e. The summed E-state index contributed by atoms with van der Waals surface area (Å²) in [6.45, 7) is 6.03. The van der Waals surface area contributed by atoms with E-state index in [0.717, 1.165) is 6.42 Å². The van der Waals surface area contributed by atoms with E-state index in [0.29, 0.717) is 19.4 Å². The molecule has 1 amide bonds. The van der Waals surface area contributed by atoms with Crippen LogP contribution in [-0.4, -0.2) is 29.1 Å². The van der Waals surface area contributed by atoms with E-state index in [9.17, 15) is 9.59 Å². The molecule has 0 saturated carbocycles. The van der Waals surface area contributed by atoms with E-state index >= 15 is 0 Å². The largest absolute Gasteiger partial charge is 0.481 e. The maximum atomic E-state index is 11.8. The summed E-state index contributed by atoms with van der Waals surface area (Å²) in [6.07, 6.45) is 1.95. The van der Waals surface area contributed by atoms with E-state index < -0.39 is 11.5 Å². The number of hydrogen-bond donors (Lipinski definition) is 3. The highest BCUT2D eigenvalue weighted by atomic mass is 16.4. The molecule has 0 radical (unpaired) electrons. The molecular weight excluding hydrogens is 220 g/mol. The van der Waals surface area contributed by atoms with E-state index in [4.69, 9.17) is 10.8 Å². The summed E-state index contributed by atoms with van der Waals surface area (Å²) < 4.78 is 0. The monoisotopic (exact) mass is 244 g/mol. The zero-order valence-corrected chi connectivity index (χ0v) is 11.0. The van der Waals surface area contributed by atoms with Crippen LogP contribution >= 0.6 is 0 Å². The minimum Gasteiger partial charge on any atom is -0.481 e. The third-order valence-corrected chi connectivity index (χ3v) is 3.31. The van der Waals surface area contributed by atoms with E-state index in [2.05, 4.69) is 5.32 Å². The quantitative estimate of drug-likeness (QED) is 0.596. The smallest absolute Gasteiger partial charge is 0.303 e. The molecule has 1 atom stereocenters. The Morgan fingerprint density at radius 2 is 1.82 bits per heavy atom. The number of carboxylic acids is 1. The fourth-order valence-corrected chi connectivity index (χ4v) is 1.59. The van der Waals surface area contributed by atoms with Gasteiger partial charge in [0.1, 0.15) is 0 Å². The predicted octanol–water partition coefficient (Wildman–Crippen LogP) is 1.12. The van der Waals surface area contributed by atoms with Crippen LogP contribution in [0.5, 0.6) is 0 Å². The molecule has 17 heavy (non-hydrogen) atoms. The van der Waals surface area contributed by atoms with Crippen molar-refractivity contribution in [2.75, 3.05) is 6.54 Å². The zero-order chi connectivity index (χ0) is 13.5. The van der Waals surface area contributed by atoms with Crippen molar-refractivity contribution in [2.45, 2.75) is 52.0 Å². The van der Waals surface area contributed by atoms with Crippen molar-refractivity contribution in [3.63, 3.8) is 0 Å². The minimum absolute atomic E-state index is 0.0330. The van der Waals surface area contributed by atoms with Gasteiger partial charge >= 0.3 is 5.97 Å². The topological polar surface area (TPSA) is 92.4 Å². The minimum atomic E-state index is -0.837. The maximum absolute atomic E-state index is 11.8. The van der Waals surface area contributed by atoms with Crippen LogP contribution in [0, 0.1) is 5.92 Å². The molecule has 0 fully saturated rings. The molecule has 0 aromatic heterocycles. The van der Waals surface area contributed by atoms with Crippen molar-refractivity contribution in [3.05, 3.63) is 0 Å². The van der Waals surface area contributed by atoms with Crippen LogP contribution in [0.2, 0.25) is 0 Å². The number of carbonyl (C=O) groups is 2. The lowest BCUT2D eigenvalue weighted by Gasteiger charge is -2.26. The lowest BCUT2D eigenvalue weighted by molar-refractivity contribution is -0.138. The van der Waals surface area contributed by atoms with Crippen LogP contribution in [0.15, 0.2) is 0 Å². The van der Waals surface area contributed by atoms with Crippen LogP contribution in [0.3, 0.4) is 0 Å². The molecule has 5 nitrogen and oxygen atoms in total. The van der Waals surface area contributed by atoms with Gasteiger partial charge in [0.05, 0.1) is 5.54 Å². The Labute approximate surface area is 103 Å². The summed E-state index contributed by atoms with van der Waals surface area (Å²) in [5.74, 6) is -1.06. The second kappa shape index (κ2) is 7.27. The highest BCUT2D eigenvalue weighted by molar-refractivity contribution is 5.85. The Hall–Kier alpha value is -1.10. The van der Waals surface area contributed by atoms with Gasteiger partial charge in [-0.1, -0.05) is 27.2 Å². The first-order chi connectivity index (χ1) is 7.89. The van der Waals surface area contributed by atoms with Gasteiger partial charge in [-0.2, -0.15) is 0 Å². The number of amides is 1. The molecule has 0 spiro atoms. The highest BCUT2D eigenvalue weighted by Gasteiger charge is 2.29. The molecule has 0 aromatic carbocycles.